The Morgan fingerprint density at radius 1 is 1.00 bits per heavy atom. The van der Waals surface area contributed by atoms with Crippen molar-refractivity contribution in [2.75, 3.05) is 18.9 Å². The number of benzene rings is 3. The van der Waals surface area contributed by atoms with Crippen molar-refractivity contribution < 1.29 is 9.53 Å². The summed E-state index contributed by atoms with van der Waals surface area (Å²) in [5, 5.41) is 3.87. The second-order valence-electron chi connectivity index (χ2n) is 7.14. The summed E-state index contributed by atoms with van der Waals surface area (Å²) in [6.45, 7) is 2.72. The molecule has 1 heterocycles. The Labute approximate surface area is 190 Å². The summed E-state index contributed by atoms with van der Waals surface area (Å²) in [6.07, 6.45) is 0. The van der Waals surface area contributed by atoms with Gasteiger partial charge >= 0.3 is 0 Å². The van der Waals surface area contributed by atoms with E-state index in [2.05, 4.69) is 10.3 Å². The SMILES string of the molecule is Cc1ccccc1-n1c(SCC(=O)NCCOc2ccccc2)nc2ccccc2c1=O. The predicted molar refractivity (Wildman–Crippen MR) is 128 cm³/mol. The normalized spacial score (nSPS) is 10.8. The lowest BCUT2D eigenvalue weighted by Gasteiger charge is -2.15. The minimum atomic E-state index is -0.149. The monoisotopic (exact) mass is 445 g/mol. The van der Waals surface area contributed by atoms with Gasteiger partial charge in [-0.25, -0.2) is 4.98 Å². The van der Waals surface area contributed by atoms with Gasteiger partial charge in [0.1, 0.15) is 12.4 Å². The molecule has 3 aromatic carbocycles. The fraction of sp³-hybridized carbons (Fsp3) is 0.160. The van der Waals surface area contributed by atoms with E-state index in [1.165, 1.54) is 11.8 Å². The second kappa shape index (κ2) is 10.2. The van der Waals surface area contributed by atoms with Crippen LogP contribution in [0, 0.1) is 6.92 Å². The van der Waals surface area contributed by atoms with E-state index >= 15 is 0 Å². The van der Waals surface area contributed by atoms with Crippen molar-refractivity contribution in [3.63, 3.8) is 0 Å². The maximum Gasteiger partial charge on any atom is 0.266 e. The molecule has 1 amide bonds. The summed E-state index contributed by atoms with van der Waals surface area (Å²) in [4.78, 5) is 30.4. The minimum Gasteiger partial charge on any atom is -0.492 e. The highest BCUT2D eigenvalue weighted by Gasteiger charge is 2.15. The van der Waals surface area contributed by atoms with Crippen LogP contribution in [-0.4, -0.2) is 34.4 Å². The van der Waals surface area contributed by atoms with Crippen molar-refractivity contribution in [1.82, 2.24) is 14.9 Å². The molecule has 1 N–H and O–H groups in total. The number of fused-ring (bicyclic) bond motifs is 1. The van der Waals surface area contributed by atoms with E-state index in [0.717, 1.165) is 17.0 Å². The van der Waals surface area contributed by atoms with Crippen LogP contribution in [0.15, 0.2) is 88.8 Å². The van der Waals surface area contributed by atoms with Crippen molar-refractivity contribution in [3.05, 3.63) is 94.8 Å². The van der Waals surface area contributed by atoms with Gasteiger partial charge in [0.2, 0.25) is 5.91 Å². The zero-order valence-electron chi connectivity index (χ0n) is 17.7. The Hall–Kier alpha value is -3.58. The number of hydrogen-bond donors (Lipinski definition) is 1. The lowest BCUT2D eigenvalue weighted by molar-refractivity contribution is -0.118. The van der Waals surface area contributed by atoms with Crippen molar-refractivity contribution in [2.45, 2.75) is 12.1 Å². The number of rotatable bonds is 8. The number of hydrogen-bond acceptors (Lipinski definition) is 5. The predicted octanol–water partition coefficient (Wildman–Crippen LogP) is 3.98. The van der Waals surface area contributed by atoms with Gasteiger partial charge in [0.15, 0.2) is 5.16 Å². The Bertz CT molecular complexity index is 1290. The molecular formula is C25H23N3O3S. The topological polar surface area (TPSA) is 73.2 Å². The number of aryl methyl sites for hydroxylation is 1. The third-order valence-electron chi connectivity index (χ3n) is 4.87. The molecule has 0 atom stereocenters. The van der Waals surface area contributed by atoms with Crippen LogP contribution in [-0.2, 0) is 4.79 Å². The van der Waals surface area contributed by atoms with Crippen molar-refractivity contribution in [2.24, 2.45) is 0 Å². The van der Waals surface area contributed by atoms with Gasteiger partial charge in [-0.2, -0.15) is 0 Å². The minimum absolute atomic E-state index is 0.141. The van der Waals surface area contributed by atoms with E-state index in [9.17, 15) is 9.59 Å². The number of nitrogens with one attached hydrogen (secondary N) is 1. The Morgan fingerprint density at radius 3 is 2.53 bits per heavy atom. The summed E-state index contributed by atoms with van der Waals surface area (Å²) in [7, 11) is 0. The van der Waals surface area contributed by atoms with Gasteiger partial charge in [-0.3, -0.25) is 14.2 Å². The van der Waals surface area contributed by atoms with E-state index in [4.69, 9.17) is 4.74 Å². The average molecular weight is 446 g/mol. The lowest BCUT2D eigenvalue weighted by Crippen LogP contribution is -2.30. The van der Waals surface area contributed by atoms with Gasteiger partial charge in [0, 0.05) is 0 Å². The molecular weight excluding hydrogens is 422 g/mol. The van der Waals surface area contributed by atoms with Crippen LogP contribution in [0.5, 0.6) is 5.75 Å². The summed E-state index contributed by atoms with van der Waals surface area (Å²) < 4.78 is 7.19. The summed E-state index contributed by atoms with van der Waals surface area (Å²) >= 11 is 1.24. The van der Waals surface area contributed by atoms with Crippen LogP contribution in [0.25, 0.3) is 16.6 Å². The first-order chi connectivity index (χ1) is 15.6. The smallest absolute Gasteiger partial charge is 0.266 e. The van der Waals surface area contributed by atoms with Gasteiger partial charge in [0.25, 0.3) is 5.56 Å². The Balaban J connectivity index is 1.48. The first-order valence-corrected chi connectivity index (χ1v) is 11.3. The molecule has 0 saturated heterocycles. The zero-order valence-corrected chi connectivity index (χ0v) is 18.5. The summed E-state index contributed by atoms with van der Waals surface area (Å²) in [5.41, 5.74) is 2.18. The summed E-state index contributed by atoms with van der Waals surface area (Å²) in [5.74, 6) is 0.756. The zero-order chi connectivity index (χ0) is 22.3. The van der Waals surface area contributed by atoms with Crippen LogP contribution < -0.4 is 15.6 Å². The summed E-state index contributed by atoms with van der Waals surface area (Å²) in [6, 6.07) is 24.4. The number of para-hydroxylation sites is 3. The second-order valence-corrected chi connectivity index (χ2v) is 8.08. The molecule has 0 aliphatic carbocycles. The maximum absolute atomic E-state index is 13.3. The van der Waals surface area contributed by atoms with Crippen molar-refractivity contribution in [3.8, 4) is 11.4 Å². The maximum atomic E-state index is 13.3. The van der Waals surface area contributed by atoms with Crippen molar-refractivity contribution >= 4 is 28.6 Å². The molecule has 1 aromatic heterocycles. The van der Waals surface area contributed by atoms with E-state index in [-0.39, 0.29) is 17.2 Å². The highest BCUT2D eigenvalue weighted by atomic mass is 32.2. The van der Waals surface area contributed by atoms with E-state index in [1.807, 2.05) is 79.7 Å². The number of thioether (sulfide) groups is 1. The lowest BCUT2D eigenvalue weighted by atomic mass is 10.2. The standard InChI is InChI=1S/C25H23N3O3S/c1-18-9-5-8-14-22(18)28-24(30)20-12-6-7-13-21(20)27-25(28)32-17-23(29)26-15-16-31-19-10-3-2-4-11-19/h2-14H,15-17H2,1H3,(H,26,29). The molecule has 0 spiro atoms. The number of nitrogens with zero attached hydrogens (tertiary/aromatic N) is 2. The average Bonchev–Trinajstić information content (AvgIpc) is 2.82. The molecule has 0 aliphatic rings. The van der Waals surface area contributed by atoms with Gasteiger partial charge in [-0.15, -0.1) is 0 Å². The quantitative estimate of drug-likeness (QED) is 0.252. The number of carbonyl (C=O) groups is 1. The number of ether oxygens (including phenoxy) is 1. The number of amides is 1. The third kappa shape index (κ3) is 5.00. The van der Waals surface area contributed by atoms with Crippen LogP contribution in [0.2, 0.25) is 0 Å². The third-order valence-corrected chi connectivity index (χ3v) is 5.81. The number of carbonyl (C=O) groups excluding carboxylic acids is 1. The van der Waals surface area contributed by atoms with Crippen LogP contribution in [0.3, 0.4) is 0 Å². The van der Waals surface area contributed by atoms with Crippen LogP contribution in [0.1, 0.15) is 5.56 Å². The Kier molecular flexibility index (Phi) is 6.87. The van der Waals surface area contributed by atoms with Gasteiger partial charge in [-0.05, 0) is 42.8 Å². The van der Waals surface area contributed by atoms with Gasteiger partial charge in [0.05, 0.1) is 28.9 Å². The molecule has 0 fully saturated rings. The largest absolute Gasteiger partial charge is 0.492 e. The first-order valence-electron chi connectivity index (χ1n) is 10.3. The van der Waals surface area contributed by atoms with Gasteiger partial charge in [-0.1, -0.05) is 60.3 Å². The molecule has 0 unspecified atom stereocenters. The van der Waals surface area contributed by atoms with Crippen molar-refractivity contribution in [1.29, 1.82) is 0 Å². The fourth-order valence-electron chi connectivity index (χ4n) is 3.29. The van der Waals surface area contributed by atoms with Gasteiger partial charge < -0.3 is 10.1 Å². The molecule has 6 nitrogen and oxygen atoms in total. The van der Waals surface area contributed by atoms with E-state index in [0.29, 0.717) is 29.2 Å². The van der Waals surface area contributed by atoms with Crippen LogP contribution >= 0.6 is 11.8 Å². The first kappa shape index (κ1) is 21.6. The fourth-order valence-corrected chi connectivity index (χ4v) is 4.13. The number of aromatic nitrogens is 2. The molecule has 7 heteroatoms. The molecule has 32 heavy (non-hydrogen) atoms. The molecule has 4 rings (SSSR count). The molecule has 0 bridgehead atoms. The Morgan fingerprint density at radius 2 is 1.72 bits per heavy atom. The van der Waals surface area contributed by atoms with E-state index in [1.54, 1.807) is 10.6 Å². The van der Waals surface area contributed by atoms with Crippen LogP contribution in [0.4, 0.5) is 0 Å². The molecule has 162 valence electrons. The molecule has 0 aliphatic heterocycles. The highest BCUT2D eigenvalue weighted by molar-refractivity contribution is 7.99. The molecule has 0 saturated carbocycles. The highest BCUT2D eigenvalue weighted by Crippen LogP contribution is 2.23. The molecule has 4 aromatic rings. The molecule has 0 radical (unpaired) electrons. The van der Waals surface area contributed by atoms with E-state index < -0.39 is 0 Å².